The quantitative estimate of drug-likeness (QED) is 0.720. The van der Waals surface area contributed by atoms with Gasteiger partial charge in [-0.25, -0.2) is 4.52 Å². The van der Waals surface area contributed by atoms with Crippen molar-refractivity contribution < 1.29 is 9.59 Å². The van der Waals surface area contributed by atoms with Crippen molar-refractivity contribution >= 4 is 17.3 Å². The molecule has 0 radical (unpaired) electrons. The molecule has 7 nitrogen and oxygen atoms in total. The minimum atomic E-state index is -0.187. The first-order chi connectivity index (χ1) is 8.75. The molecule has 2 aromatic heterocycles. The summed E-state index contributed by atoms with van der Waals surface area (Å²) in [7, 11) is 0. The standard InChI is InChI=1S/C11H11N5O2/c17-10-7-15(3-2-13-10)11(18)8-5-14-16-4-1-12-6-9(8)16/h1,4-6H,2-3,7H2,(H,13,17). The highest BCUT2D eigenvalue weighted by molar-refractivity contribution is 6.02. The van der Waals surface area contributed by atoms with Gasteiger partial charge < -0.3 is 10.2 Å². The second kappa shape index (κ2) is 4.10. The molecule has 0 unspecified atom stereocenters. The van der Waals surface area contributed by atoms with Crippen LogP contribution in [0.5, 0.6) is 0 Å². The van der Waals surface area contributed by atoms with Gasteiger partial charge in [0.15, 0.2) is 0 Å². The molecule has 0 saturated carbocycles. The molecule has 0 aliphatic carbocycles. The van der Waals surface area contributed by atoms with Crippen LogP contribution in [-0.2, 0) is 4.79 Å². The third kappa shape index (κ3) is 1.69. The molecule has 1 fully saturated rings. The Kier molecular flexibility index (Phi) is 2.44. The second-order valence-corrected chi connectivity index (χ2v) is 4.04. The van der Waals surface area contributed by atoms with E-state index < -0.39 is 0 Å². The van der Waals surface area contributed by atoms with Crippen molar-refractivity contribution in [2.75, 3.05) is 19.6 Å². The number of nitrogens with zero attached hydrogens (tertiary/aromatic N) is 4. The van der Waals surface area contributed by atoms with E-state index in [4.69, 9.17) is 0 Å². The Morgan fingerprint density at radius 3 is 3.11 bits per heavy atom. The zero-order valence-electron chi connectivity index (χ0n) is 9.54. The molecular formula is C11H11N5O2. The Morgan fingerprint density at radius 1 is 1.39 bits per heavy atom. The maximum Gasteiger partial charge on any atom is 0.258 e. The first kappa shape index (κ1) is 10.7. The first-order valence-electron chi connectivity index (χ1n) is 5.59. The molecular weight excluding hydrogens is 234 g/mol. The largest absolute Gasteiger partial charge is 0.353 e. The van der Waals surface area contributed by atoms with Crippen LogP contribution in [0.1, 0.15) is 10.4 Å². The lowest BCUT2D eigenvalue weighted by Crippen LogP contribution is -2.49. The van der Waals surface area contributed by atoms with Crippen LogP contribution in [0.4, 0.5) is 0 Å². The van der Waals surface area contributed by atoms with E-state index in [-0.39, 0.29) is 18.4 Å². The van der Waals surface area contributed by atoms with Gasteiger partial charge in [0.05, 0.1) is 30.0 Å². The topological polar surface area (TPSA) is 79.6 Å². The molecule has 1 N–H and O–H groups in total. The van der Waals surface area contributed by atoms with Crippen LogP contribution in [0.3, 0.4) is 0 Å². The summed E-state index contributed by atoms with van der Waals surface area (Å²) in [4.78, 5) is 29.1. The van der Waals surface area contributed by atoms with Gasteiger partial charge in [-0.1, -0.05) is 0 Å². The van der Waals surface area contributed by atoms with Crippen LogP contribution >= 0.6 is 0 Å². The highest BCUT2D eigenvalue weighted by atomic mass is 16.2. The molecule has 92 valence electrons. The number of nitrogens with one attached hydrogen (secondary N) is 1. The van der Waals surface area contributed by atoms with E-state index in [2.05, 4.69) is 15.4 Å². The SMILES string of the molecule is O=C1CN(C(=O)c2cnn3ccncc23)CCN1. The molecule has 0 aromatic carbocycles. The summed E-state index contributed by atoms with van der Waals surface area (Å²) in [5, 5.41) is 6.77. The molecule has 18 heavy (non-hydrogen) atoms. The third-order valence-electron chi connectivity index (χ3n) is 2.88. The van der Waals surface area contributed by atoms with Crippen LogP contribution in [0, 0.1) is 0 Å². The first-order valence-corrected chi connectivity index (χ1v) is 5.59. The van der Waals surface area contributed by atoms with Gasteiger partial charge >= 0.3 is 0 Å². The lowest BCUT2D eigenvalue weighted by molar-refractivity contribution is -0.123. The van der Waals surface area contributed by atoms with Gasteiger partial charge in [-0.3, -0.25) is 14.6 Å². The minimum absolute atomic E-state index is 0.0937. The summed E-state index contributed by atoms with van der Waals surface area (Å²) < 4.78 is 1.59. The minimum Gasteiger partial charge on any atom is -0.353 e. The van der Waals surface area contributed by atoms with Gasteiger partial charge in [0.25, 0.3) is 5.91 Å². The van der Waals surface area contributed by atoms with Crippen LogP contribution in [0.25, 0.3) is 5.52 Å². The van der Waals surface area contributed by atoms with Crippen LogP contribution in [-0.4, -0.2) is 50.9 Å². The molecule has 2 amide bonds. The van der Waals surface area contributed by atoms with E-state index >= 15 is 0 Å². The number of piperazine rings is 1. The van der Waals surface area contributed by atoms with Gasteiger partial charge in [-0.2, -0.15) is 5.10 Å². The summed E-state index contributed by atoms with van der Waals surface area (Å²) in [5.74, 6) is -0.322. The number of carbonyl (C=O) groups is 2. The fourth-order valence-electron chi connectivity index (χ4n) is 1.98. The predicted molar refractivity (Wildman–Crippen MR) is 61.9 cm³/mol. The van der Waals surface area contributed by atoms with Crippen molar-refractivity contribution in [2.45, 2.75) is 0 Å². The van der Waals surface area contributed by atoms with E-state index in [1.807, 2.05) is 0 Å². The average Bonchev–Trinajstić information content (AvgIpc) is 2.82. The van der Waals surface area contributed by atoms with Crippen LogP contribution in [0.15, 0.2) is 24.8 Å². The van der Waals surface area contributed by atoms with Gasteiger partial charge in [0.2, 0.25) is 5.91 Å². The summed E-state index contributed by atoms with van der Waals surface area (Å²) >= 11 is 0. The maximum absolute atomic E-state index is 12.3. The van der Waals surface area contributed by atoms with Crippen molar-refractivity contribution in [1.82, 2.24) is 24.8 Å². The molecule has 0 spiro atoms. The number of carbonyl (C=O) groups excluding carboxylic acids is 2. The summed E-state index contributed by atoms with van der Waals surface area (Å²) in [6.07, 6.45) is 6.37. The van der Waals surface area contributed by atoms with Gasteiger partial charge in [-0.05, 0) is 0 Å². The molecule has 0 bridgehead atoms. The van der Waals surface area contributed by atoms with Gasteiger partial charge in [0, 0.05) is 25.5 Å². The Labute approximate surface area is 102 Å². The van der Waals surface area contributed by atoms with Crippen LogP contribution < -0.4 is 5.32 Å². The maximum atomic E-state index is 12.3. The van der Waals surface area contributed by atoms with E-state index in [1.54, 1.807) is 23.1 Å². The predicted octanol–water partition coefficient (Wildman–Crippen LogP) is -0.699. The fraction of sp³-hybridized carbons (Fsp3) is 0.273. The molecule has 7 heteroatoms. The fourth-order valence-corrected chi connectivity index (χ4v) is 1.98. The normalized spacial score (nSPS) is 15.8. The highest BCUT2D eigenvalue weighted by Gasteiger charge is 2.24. The van der Waals surface area contributed by atoms with Crippen LogP contribution in [0.2, 0.25) is 0 Å². The lowest BCUT2D eigenvalue weighted by Gasteiger charge is -2.26. The van der Waals surface area contributed by atoms with Gasteiger partial charge in [-0.15, -0.1) is 0 Å². The van der Waals surface area contributed by atoms with E-state index in [0.717, 1.165) is 0 Å². The zero-order chi connectivity index (χ0) is 12.5. The Morgan fingerprint density at radius 2 is 2.28 bits per heavy atom. The van der Waals surface area contributed by atoms with Gasteiger partial charge in [0.1, 0.15) is 0 Å². The van der Waals surface area contributed by atoms with Crippen molar-refractivity contribution in [3.8, 4) is 0 Å². The summed E-state index contributed by atoms with van der Waals surface area (Å²) in [6, 6.07) is 0. The molecule has 1 saturated heterocycles. The molecule has 1 aliphatic rings. The highest BCUT2D eigenvalue weighted by Crippen LogP contribution is 2.12. The summed E-state index contributed by atoms with van der Waals surface area (Å²) in [5.41, 5.74) is 1.12. The summed E-state index contributed by atoms with van der Waals surface area (Å²) in [6.45, 7) is 1.10. The van der Waals surface area contributed by atoms with E-state index in [0.29, 0.717) is 24.2 Å². The number of fused-ring (bicyclic) bond motifs is 1. The third-order valence-corrected chi connectivity index (χ3v) is 2.88. The van der Waals surface area contributed by atoms with Crippen molar-refractivity contribution in [3.63, 3.8) is 0 Å². The zero-order valence-corrected chi connectivity index (χ0v) is 9.54. The number of hydrogen-bond acceptors (Lipinski definition) is 4. The van der Waals surface area contributed by atoms with E-state index in [1.165, 1.54) is 11.1 Å². The van der Waals surface area contributed by atoms with Crippen molar-refractivity contribution in [1.29, 1.82) is 0 Å². The molecule has 0 atom stereocenters. The average molecular weight is 245 g/mol. The van der Waals surface area contributed by atoms with Crippen molar-refractivity contribution in [2.24, 2.45) is 0 Å². The smallest absolute Gasteiger partial charge is 0.258 e. The number of aromatic nitrogens is 3. The number of hydrogen-bond donors (Lipinski definition) is 1. The molecule has 2 aromatic rings. The molecule has 3 heterocycles. The van der Waals surface area contributed by atoms with E-state index in [9.17, 15) is 9.59 Å². The Hall–Kier alpha value is -2.44. The number of rotatable bonds is 1. The Balaban J connectivity index is 1.94. The second-order valence-electron chi connectivity index (χ2n) is 4.04. The molecule has 1 aliphatic heterocycles. The Bertz CT molecular complexity index is 621. The molecule has 3 rings (SSSR count). The number of amides is 2. The monoisotopic (exact) mass is 245 g/mol. The lowest BCUT2D eigenvalue weighted by atomic mass is 10.2. The van der Waals surface area contributed by atoms with Crippen molar-refractivity contribution in [3.05, 3.63) is 30.4 Å².